The van der Waals surface area contributed by atoms with Crippen molar-refractivity contribution in [3.63, 3.8) is 0 Å². The summed E-state index contributed by atoms with van der Waals surface area (Å²) in [6, 6.07) is 18.1. The van der Waals surface area contributed by atoms with Crippen molar-refractivity contribution in [3.05, 3.63) is 59.7 Å². The molecular formula is C22H26N4. The Morgan fingerprint density at radius 2 is 1.15 bits per heavy atom. The number of para-hydroxylation sites is 2. The van der Waals surface area contributed by atoms with Gasteiger partial charge in [-0.2, -0.15) is 0 Å². The zero-order valence-electron chi connectivity index (χ0n) is 15.5. The van der Waals surface area contributed by atoms with E-state index < -0.39 is 0 Å². The highest BCUT2D eigenvalue weighted by molar-refractivity contribution is 5.72. The summed E-state index contributed by atoms with van der Waals surface area (Å²) < 4.78 is 0. The molecule has 0 aliphatic carbocycles. The van der Waals surface area contributed by atoms with E-state index in [1.165, 1.54) is 35.3 Å². The summed E-state index contributed by atoms with van der Waals surface area (Å²) in [6.07, 6.45) is 3.14. The van der Waals surface area contributed by atoms with E-state index in [0.717, 1.165) is 13.1 Å². The van der Waals surface area contributed by atoms with Crippen LogP contribution < -0.4 is 10.6 Å². The number of anilines is 2. The molecule has 0 saturated carbocycles. The maximum atomic E-state index is 3.90. The van der Waals surface area contributed by atoms with Crippen molar-refractivity contribution in [2.75, 3.05) is 37.8 Å². The Balaban J connectivity index is 1.68. The van der Waals surface area contributed by atoms with Gasteiger partial charge in [-0.15, -0.1) is 0 Å². The van der Waals surface area contributed by atoms with E-state index in [1.807, 2.05) is 0 Å². The summed E-state index contributed by atoms with van der Waals surface area (Å²) in [4.78, 5) is 5.07. The molecule has 4 aliphatic rings. The highest BCUT2D eigenvalue weighted by atomic mass is 15.4. The molecule has 2 aromatic rings. The third-order valence-electron chi connectivity index (χ3n) is 7.73. The minimum Gasteiger partial charge on any atom is -0.369 e. The first-order valence-corrected chi connectivity index (χ1v) is 9.81. The van der Waals surface area contributed by atoms with Gasteiger partial charge in [0.15, 0.2) is 0 Å². The average molecular weight is 346 g/mol. The van der Waals surface area contributed by atoms with Crippen molar-refractivity contribution in [1.29, 1.82) is 0 Å². The van der Waals surface area contributed by atoms with E-state index in [0.29, 0.717) is 12.3 Å². The van der Waals surface area contributed by atoms with E-state index in [1.54, 1.807) is 0 Å². The lowest BCUT2D eigenvalue weighted by atomic mass is 9.55. The Hall–Kier alpha value is -2.04. The molecule has 0 amide bonds. The van der Waals surface area contributed by atoms with Crippen LogP contribution in [0.5, 0.6) is 0 Å². The quantitative estimate of drug-likeness (QED) is 0.831. The van der Waals surface area contributed by atoms with Gasteiger partial charge in [0.2, 0.25) is 0 Å². The monoisotopic (exact) mass is 346 g/mol. The third-order valence-corrected chi connectivity index (χ3v) is 7.73. The molecule has 0 aromatic heterocycles. The standard InChI is InChI=1S/C22H26N4/c1-25-13-11-21(15-7-3-5-9-17(15)23-19(21)25)22-12-14-26(2)20(22)24-18-10-6-4-8-16(18)22/h3-10,19-20,23-24H,11-14H2,1-2H3/t19-,20+,21-,22+. The molecular weight excluding hydrogens is 320 g/mol. The number of hydrogen-bond donors (Lipinski definition) is 2. The van der Waals surface area contributed by atoms with E-state index in [-0.39, 0.29) is 10.8 Å². The molecule has 2 saturated heterocycles. The Labute approximate surface area is 155 Å². The third kappa shape index (κ3) is 1.47. The highest BCUT2D eigenvalue weighted by Gasteiger charge is 2.70. The summed E-state index contributed by atoms with van der Waals surface area (Å²) in [7, 11) is 4.56. The van der Waals surface area contributed by atoms with Crippen LogP contribution in [0.1, 0.15) is 24.0 Å². The molecule has 6 rings (SSSR count). The SMILES string of the molecule is CN1CC[C@@]2([C@]34CCN(C)[C@@H]3Nc3ccccc34)c3ccccc3N[C@H]12. The molecule has 134 valence electrons. The fourth-order valence-electron chi connectivity index (χ4n) is 6.73. The Bertz CT molecular complexity index is 822. The maximum absolute atomic E-state index is 3.90. The number of fused-ring (bicyclic) bond motifs is 7. The van der Waals surface area contributed by atoms with Gasteiger partial charge in [-0.25, -0.2) is 0 Å². The largest absolute Gasteiger partial charge is 0.369 e. The number of nitrogens with zero attached hydrogens (tertiary/aromatic N) is 2. The number of benzene rings is 2. The predicted octanol–water partition coefficient (Wildman–Crippen LogP) is 3.04. The molecule has 2 fully saturated rings. The van der Waals surface area contributed by atoms with Gasteiger partial charge < -0.3 is 10.6 Å². The smallest absolute Gasteiger partial charge is 0.0901 e. The first kappa shape index (κ1) is 15.1. The first-order valence-electron chi connectivity index (χ1n) is 9.81. The second-order valence-electron chi connectivity index (χ2n) is 8.59. The molecule has 4 heteroatoms. The van der Waals surface area contributed by atoms with Crippen molar-refractivity contribution < 1.29 is 0 Å². The normalized spacial score (nSPS) is 37.6. The van der Waals surface area contributed by atoms with Gasteiger partial charge >= 0.3 is 0 Å². The summed E-state index contributed by atoms with van der Waals surface area (Å²) in [5.74, 6) is 0. The van der Waals surface area contributed by atoms with Crippen LogP contribution in [0, 0.1) is 0 Å². The zero-order valence-corrected chi connectivity index (χ0v) is 15.5. The van der Waals surface area contributed by atoms with E-state index in [4.69, 9.17) is 0 Å². The van der Waals surface area contributed by atoms with E-state index in [9.17, 15) is 0 Å². The van der Waals surface area contributed by atoms with E-state index in [2.05, 4.69) is 83.1 Å². The van der Waals surface area contributed by atoms with Crippen molar-refractivity contribution in [2.24, 2.45) is 0 Å². The van der Waals surface area contributed by atoms with Gasteiger partial charge in [-0.3, -0.25) is 9.80 Å². The molecule has 0 spiro atoms. The summed E-state index contributed by atoms with van der Waals surface area (Å²) >= 11 is 0. The molecule has 2 aromatic carbocycles. The number of rotatable bonds is 1. The van der Waals surface area contributed by atoms with Gasteiger partial charge in [0, 0.05) is 35.3 Å². The van der Waals surface area contributed by atoms with Gasteiger partial charge in [-0.1, -0.05) is 36.4 Å². The molecule has 4 aliphatic heterocycles. The molecule has 0 unspecified atom stereocenters. The Morgan fingerprint density at radius 3 is 1.62 bits per heavy atom. The van der Waals surface area contributed by atoms with Crippen LogP contribution in [0.2, 0.25) is 0 Å². The molecule has 26 heavy (non-hydrogen) atoms. The van der Waals surface area contributed by atoms with Gasteiger partial charge in [0.1, 0.15) is 0 Å². The van der Waals surface area contributed by atoms with Crippen LogP contribution in [-0.2, 0) is 10.8 Å². The fourth-order valence-corrected chi connectivity index (χ4v) is 6.73. The highest BCUT2D eigenvalue weighted by Crippen LogP contribution is 2.65. The Morgan fingerprint density at radius 1 is 0.731 bits per heavy atom. The van der Waals surface area contributed by atoms with Crippen LogP contribution >= 0.6 is 0 Å². The number of likely N-dealkylation sites (N-methyl/N-ethyl adjacent to an activating group) is 2. The van der Waals surface area contributed by atoms with E-state index >= 15 is 0 Å². The van der Waals surface area contributed by atoms with Crippen molar-refractivity contribution in [3.8, 4) is 0 Å². The van der Waals surface area contributed by atoms with Crippen molar-refractivity contribution in [2.45, 2.75) is 36.0 Å². The zero-order chi connectivity index (χ0) is 17.5. The maximum Gasteiger partial charge on any atom is 0.0901 e. The minimum absolute atomic E-state index is 0.105. The minimum atomic E-state index is 0.105. The number of nitrogens with one attached hydrogen (secondary N) is 2. The van der Waals surface area contributed by atoms with Crippen LogP contribution in [0.15, 0.2) is 48.5 Å². The molecule has 4 atom stereocenters. The predicted molar refractivity (Wildman–Crippen MR) is 106 cm³/mol. The number of likely N-dealkylation sites (tertiary alicyclic amines) is 2. The topological polar surface area (TPSA) is 30.5 Å². The lowest BCUT2D eigenvalue weighted by molar-refractivity contribution is 0.147. The molecule has 4 nitrogen and oxygen atoms in total. The van der Waals surface area contributed by atoms with Crippen LogP contribution in [-0.4, -0.2) is 49.3 Å². The summed E-state index contributed by atoms with van der Waals surface area (Å²) in [5, 5.41) is 7.79. The molecule has 4 heterocycles. The van der Waals surface area contributed by atoms with Gasteiger partial charge in [0.25, 0.3) is 0 Å². The van der Waals surface area contributed by atoms with Crippen LogP contribution in [0.3, 0.4) is 0 Å². The summed E-state index contributed by atoms with van der Waals surface area (Å²) in [5.41, 5.74) is 5.91. The lowest BCUT2D eigenvalue weighted by Gasteiger charge is -2.48. The van der Waals surface area contributed by atoms with Crippen LogP contribution in [0.25, 0.3) is 0 Å². The van der Waals surface area contributed by atoms with Gasteiger partial charge in [-0.05, 0) is 50.2 Å². The average Bonchev–Trinajstić information content (AvgIpc) is 3.36. The number of hydrogen-bond acceptors (Lipinski definition) is 4. The molecule has 0 radical (unpaired) electrons. The molecule has 0 bridgehead atoms. The second-order valence-corrected chi connectivity index (χ2v) is 8.59. The second kappa shape index (κ2) is 4.81. The first-order chi connectivity index (χ1) is 12.7. The Kier molecular flexibility index (Phi) is 2.79. The molecule has 2 N–H and O–H groups in total. The summed E-state index contributed by atoms with van der Waals surface area (Å²) in [6.45, 7) is 2.29. The van der Waals surface area contributed by atoms with Crippen molar-refractivity contribution in [1.82, 2.24) is 9.80 Å². The van der Waals surface area contributed by atoms with Crippen molar-refractivity contribution >= 4 is 11.4 Å². The fraction of sp³-hybridized carbons (Fsp3) is 0.455. The lowest BCUT2D eigenvalue weighted by Crippen LogP contribution is -2.60. The van der Waals surface area contributed by atoms with Gasteiger partial charge in [0.05, 0.1) is 12.3 Å². The van der Waals surface area contributed by atoms with Crippen LogP contribution in [0.4, 0.5) is 11.4 Å².